The standard InChI is InChI=1S/C17H20N6OS.C2HF3O2/c1-12-21-15(11-25-12)13-8-14(20-9-13)17(24)23-6-4-22(5-7-23)10-16-18-2-3-19-16;3-2(4,5)1(6)7/h2-3,8-9,11,20H,4-7,10H2,1H3,(H,18,19);(H,6,7). The Kier molecular flexibility index (Phi) is 7.30. The summed E-state index contributed by atoms with van der Waals surface area (Å²) in [4.78, 5) is 40.8. The molecule has 0 radical (unpaired) electrons. The molecule has 1 fully saturated rings. The predicted octanol–water partition coefficient (Wildman–Crippen LogP) is 2.76. The Labute approximate surface area is 184 Å². The number of aromatic nitrogens is 4. The van der Waals surface area contributed by atoms with Gasteiger partial charge in [0.15, 0.2) is 0 Å². The molecule has 9 nitrogen and oxygen atoms in total. The molecule has 1 aliphatic rings. The Morgan fingerprint density at radius 3 is 2.44 bits per heavy atom. The van der Waals surface area contributed by atoms with E-state index in [2.05, 4.69) is 24.8 Å². The van der Waals surface area contributed by atoms with E-state index in [1.165, 1.54) is 0 Å². The third kappa shape index (κ3) is 6.17. The third-order valence-electron chi connectivity index (χ3n) is 4.66. The SMILES string of the molecule is Cc1nc(-c2c[nH]c(C(=O)N3CCN(Cc4ncc[nH]4)CC3)c2)cs1.O=C(O)C(F)(F)F. The lowest BCUT2D eigenvalue weighted by molar-refractivity contribution is -0.192. The molecule has 1 aliphatic heterocycles. The number of carboxylic acid groups (broad SMARTS) is 1. The molecular formula is C19H21F3N6O3S. The largest absolute Gasteiger partial charge is 0.490 e. The van der Waals surface area contributed by atoms with Crippen molar-refractivity contribution in [1.82, 2.24) is 29.7 Å². The Morgan fingerprint density at radius 1 is 1.22 bits per heavy atom. The average molecular weight is 470 g/mol. The van der Waals surface area contributed by atoms with Crippen molar-refractivity contribution in [3.63, 3.8) is 0 Å². The lowest BCUT2D eigenvalue weighted by atomic mass is 10.2. The normalized spacial score (nSPS) is 14.7. The molecule has 0 aromatic carbocycles. The molecule has 1 amide bonds. The highest BCUT2D eigenvalue weighted by Gasteiger charge is 2.38. The number of carbonyl (C=O) groups is 2. The predicted molar refractivity (Wildman–Crippen MR) is 110 cm³/mol. The van der Waals surface area contributed by atoms with Crippen LogP contribution < -0.4 is 0 Å². The van der Waals surface area contributed by atoms with E-state index in [4.69, 9.17) is 9.90 Å². The van der Waals surface area contributed by atoms with E-state index in [1.807, 2.05) is 35.7 Å². The van der Waals surface area contributed by atoms with E-state index >= 15 is 0 Å². The van der Waals surface area contributed by atoms with Gasteiger partial charge in [-0.1, -0.05) is 0 Å². The van der Waals surface area contributed by atoms with Crippen LogP contribution in [0.1, 0.15) is 21.3 Å². The van der Waals surface area contributed by atoms with Gasteiger partial charge < -0.3 is 20.0 Å². The molecule has 1 saturated heterocycles. The fourth-order valence-corrected chi connectivity index (χ4v) is 3.66. The number of halogens is 3. The minimum atomic E-state index is -5.08. The number of imidazole rings is 1. The van der Waals surface area contributed by atoms with Crippen molar-refractivity contribution in [2.24, 2.45) is 0 Å². The summed E-state index contributed by atoms with van der Waals surface area (Å²) < 4.78 is 31.7. The number of nitrogens with one attached hydrogen (secondary N) is 2. The molecule has 13 heteroatoms. The van der Waals surface area contributed by atoms with Gasteiger partial charge in [-0.3, -0.25) is 9.69 Å². The molecule has 0 unspecified atom stereocenters. The second-order valence-electron chi connectivity index (χ2n) is 6.96. The van der Waals surface area contributed by atoms with Crippen molar-refractivity contribution < 1.29 is 27.9 Å². The number of carboxylic acids is 1. The van der Waals surface area contributed by atoms with Crippen LogP contribution in [-0.2, 0) is 11.3 Å². The minimum Gasteiger partial charge on any atom is -0.475 e. The molecule has 0 bridgehead atoms. The number of H-pyrrole nitrogens is 2. The summed E-state index contributed by atoms with van der Waals surface area (Å²) in [7, 11) is 0. The highest BCUT2D eigenvalue weighted by atomic mass is 32.1. The molecule has 0 atom stereocenters. The molecular weight excluding hydrogens is 449 g/mol. The lowest BCUT2D eigenvalue weighted by Gasteiger charge is -2.34. The van der Waals surface area contributed by atoms with E-state index < -0.39 is 12.1 Å². The molecule has 4 heterocycles. The van der Waals surface area contributed by atoms with E-state index in [0.717, 1.165) is 54.8 Å². The van der Waals surface area contributed by atoms with Gasteiger partial charge in [0, 0.05) is 55.7 Å². The van der Waals surface area contributed by atoms with E-state index in [9.17, 15) is 18.0 Å². The number of rotatable bonds is 4. The summed E-state index contributed by atoms with van der Waals surface area (Å²) in [5.41, 5.74) is 2.50. The van der Waals surface area contributed by atoms with Gasteiger partial charge >= 0.3 is 12.1 Å². The first kappa shape index (κ1) is 23.5. The molecule has 3 aromatic rings. The number of carbonyl (C=O) groups excluding carboxylic acids is 1. The van der Waals surface area contributed by atoms with Crippen molar-refractivity contribution in [1.29, 1.82) is 0 Å². The number of alkyl halides is 3. The zero-order valence-electron chi connectivity index (χ0n) is 17.0. The zero-order valence-corrected chi connectivity index (χ0v) is 17.8. The first-order chi connectivity index (χ1) is 15.1. The second-order valence-corrected chi connectivity index (χ2v) is 8.02. The fraction of sp³-hybridized carbons (Fsp3) is 0.368. The van der Waals surface area contributed by atoms with Gasteiger partial charge in [0.05, 0.1) is 17.2 Å². The van der Waals surface area contributed by atoms with Crippen LogP contribution in [0.2, 0.25) is 0 Å². The summed E-state index contributed by atoms with van der Waals surface area (Å²) in [6.45, 7) is 5.93. The van der Waals surface area contributed by atoms with Gasteiger partial charge in [-0.25, -0.2) is 14.8 Å². The maximum Gasteiger partial charge on any atom is 0.490 e. The minimum absolute atomic E-state index is 0.0517. The van der Waals surface area contributed by atoms with Crippen LogP contribution in [-0.4, -0.2) is 79.1 Å². The van der Waals surface area contributed by atoms with Crippen molar-refractivity contribution in [3.8, 4) is 11.3 Å². The number of aliphatic carboxylic acids is 1. The first-order valence-corrected chi connectivity index (χ1v) is 10.4. The summed E-state index contributed by atoms with van der Waals surface area (Å²) in [6, 6.07) is 1.89. The highest BCUT2D eigenvalue weighted by molar-refractivity contribution is 7.09. The molecule has 0 aliphatic carbocycles. The van der Waals surface area contributed by atoms with Gasteiger partial charge in [0.2, 0.25) is 0 Å². The van der Waals surface area contributed by atoms with E-state index in [1.54, 1.807) is 17.5 Å². The van der Waals surface area contributed by atoms with E-state index in [-0.39, 0.29) is 5.91 Å². The number of thiazole rings is 1. The average Bonchev–Trinajstić information content (AvgIpc) is 3.49. The fourth-order valence-electron chi connectivity index (χ4n) is 3.04. The van der Waals surface area contributed by atoms with Crippen LogP contribution in [0.3, 0.4) is 0 Å². The van der Waals surface area contributed by atoms with Gasteiger partial charge in [-0.05, 0) is 13.0 Å². The maximum absolute atomic E-state index is 12.7. The Bertz CT molecular complexity index is 1040. The Morgan fingerprint density at radius 2 is 1.91 bits per heavy atom. The van der Waals surface area contributed by atoms with Gasteiger partial charge in [-0.2, -0.15) is 13.2 Å². The number of hydrogen-bond donors (Lipinski definition) is 3. The molecule has 172 valence electrons. The van der Waals surface area contributed by atoms with Crippen LogP contribution in [0, 0.1) is 6.92 Å². The Balaban J connectivity index is 0.000000360. The van der Waals surface area contributed by atoms with Crippen LogP contribution in [0.4, 0.5) is 13.2 Å². The maximum atomic E-state index is 12.7. The monoisotopic (exact) mass is 470 g/mol. The van der Waals surface area contributed by atoms with Crippen molar-refractivity contribution in [3.05, 3.63) is 46.6 Å². The van der Waals surface area contributed by atoms with Crippen molar-refractivity contribution >= 4 is 23.2 Å². The second kappa shape index (κ2) is 9.96. The summed E-state index contributed by atoms with van der Waals surface area (Å²) in [6.07, 6.45) is 0.373. The van der Waals surface area contributed by atoms with Gasteiger partial charge in [0.25, 0.3) is 5.91 Å². The van der Waals surface area contributed by atoms with Crippen LogP contribution in [0.5, 0.6) is 0 Å². The quantitative estimate of drug-likeness (QED) is 0.540. The number of nitrogens with zero attached hydrogens (tertiary/aromatic N) is 4. The molecule has 0 saturated carbocycles. The first-order valence-electron chi connectivity index (χ1n) is 9.54. The summed E-state index contributed by atoms with van der Waals surface area (Å²) >= 11 is 1.61. The van der Waals surface area contributed by atoms with Crippen LogP contribution in [0.25, 0.3) is 11.3 Å². The summed E-state index contributed by atoms with van der Waals surface area (Å²) in [5, 5.41) is 10.2. The van der Waals surface area contributed by atoms with Crippen molar-refractivity contribution in [2.75, 3.05) is 26.2 Å². The lowest BCUT2D eigenvalue weighted by Crippen LogP contribution is -2.48. The molecule has 32 heavy (non-hydrogen) atoms. The number of hydrogen-bond acceptors (Lipinski definition) is 6. The topological polar surface area (TPSA) is 118 Å². The molecule has 0 spiro atoms. The third-order valence-corrected chi connectivity index (χ3v) is 5.43. The van der Waals surface area contributed by atoms with Gasteiger partial charge in [0.1, 0.15) is 11.5 Å². The summed E-state index contributed by atoms with van der Waals surface area (Å²) in [5.74, 6) is -1.74. The van der Waals surface area contributed by atoms with Gasteiger partial charge in [-0.15, -0.1) is 11.3 Å². The van der Waals surface area contributed by atoms with Crippen molar-refractivity contribution in [2.45, 2.75) is 19.6 Å². The van der Waals surface area contributed by atoms with Crippen LogP contribution in [0.15, 0.2) is 30.0 Å². The zero-order chi connectivity index (χ0) is 23.3. The number of aromatic amines is 2. The number of piperazine rings is 1. The number of amides is 1. The smallest absolute Gasteiger partial charge is 0.475 e. The van der Waals surface area contributed by atoms with Crippen LogP contribution >= 0.6 is 11.3 Å². The highest BCUT2D eigenvalue weighted by Crippen LogP contribution is 2.23. The Hall–Kier alpha value is -3.19. The van der Waals surface area contributed by atoms with E-state index in [0.29, 0.717) is 5.69 Å². The number of aryl methyl sites for hydroxylation is 1. The molecule has 4 rings (SSSR count). The molecule has 3 aromatic heterocycles. The molecule has 3 N–H and O–H groups in total.